The minimum atomic E-state index is -0.863. The van der Waals surface area contributed by atoms with E-state index < -0.39 is 23.8 Å². The van der Waals surface area contributed by atoms with Crippen LogP contribution in [0.2, 0.25) is 0 Å². The third-order valence-corrected chi connectivity index (χ3v) is 2.64. The van der Waals surface area contributed by atoms with E-state index in [0.29, 0.717) is 12.8 Å². The molecular formula is C9H14O4. The summed E-state index contributed by atoms with van der Waals surface area (Å²) >= 11 is 0. The first-order chi connectivity index (χ1) is 6.00. The standard InChI is InChI=1S/C9H14O4/c1-5-2-6(8(10)11)4-7(3-5)9(12)13/h5-7H,2-4H2,1H3,(H,10,11)(H,12,13)/t6-,7-/m1/s1. The second-order valence-corrected chi connectivity index (χ2v) is 3.88. The largest absolute Gasteiger partial charge is 0.481 e. The maximum Gasteiger partial charge on any atom is 0.306 e. The number of hydrogen-bond acceptors (Lipinski definition) is 2. The Labute approximate surface area is 76.6 Å². The third-order valence-electron chi connectivity index (χ3n) is 2.64. The molecule has 0 radical (unpaired) electrons. The Balaban J connectivity index is 2.62. The second kappa shape index (κ2) is 3.77. The first kappa shape index (κ1) is 10.0. The van der Waals surface area contributed by atoms with Crippen molar-refractivity contribution in [2.24, 2.45) is 17.8 Å². The summed E-state index contributed by atoms with van der Waals surface area (Å²) in [5.41, 5.74) is 0. The van der Waals surface area contributed by atoms with Crippen LogP contribution in [-0.4, -0.2) is 22.2 Å². The van der Waals surface area contributed by atoms with Gasteiger partial charge in [-0.2, -0.15) is 0 Å². The molecule has 0 aromatic carbocycles. The van der Waals surface area contributed by atoms with Crippen molar-refractivity contribution in [3.05, 3.63) is 0 Å². The van der Waals surface area contributed by atoms with E-state index >= 15 is 0 Å². The smallest absolute Gasteiger partial charge is 0.306 e. The molecule has 1 aliphatic rings. The lowest BCUT2D eigenvalue weighted by Gasteiger charge is -2.28. The van der Waals surface area contributed by atoms with Gasteiger partial charge < -0.3 is 10.2 Å². The van der Waals surface area contributed by atoms with Crippen molar-refractivity contribution in [1.82, 2.24) is 0 Å². The van der Waals surface area contributed by atoms with Crippen molar-refractivity contribution in [2.45, 2.75) is 26.2 Å². The van der Waals surface area contributed by atoms with Crippen LogP contribution in [0.4, 0.5) is 0 Å². The van der Waals surface area contributed by atoms with Gasteiger partial charge >= 0.3 is 11.9 Å². The molecule has 2 N–H and O–H groups in total. The molecule has 0 aliphatic heterocycles. The molecule has 0 amide bonds. The van der Waals surface area contributed by atoms with E-state index in [0.717, 1.165) is 0 Å². The zero-order valence-electron chi connectivity index (χ0n) is 7.56. The average molecular weight is 186 g/mol. The predicted molar refractivity (Wildman–Crippen MR) is 45.3 cm³/mol. The van der Waals surface area contributed by atoms with Crippen LogP contribution in [0.3, 0.4) is 0 Å². The van der Waals surface area contributed by atoms with Gasteiger partial charge in [0.1, 0.15) is 0 Å². The van der Waals surface area contributed by atoms with Gasteiger partial charge in [0, 0.05) is 0 Å². The zero-order valence-corrected chi connectivity index (χ0v) is 7.56. The molecule has 1 aliphatic carbocycles. The minimum absolute atomic E-state index is 0.205. The lowest BCUT2D eigenvalue weighted by molar-refractivity contribution is -0.148. The summed E-state index contributed by atoms with van der Waals surface area (Å²) in [5, 5.41) is 17.5. The molecule has 0 aromatic rings. The summed E-state index contributed by atoms with van der Waals surface area (Å²) in [5.74, 6) is -2.46. The normalized spacial score (nSPS) is 34.1. The average Bonchev–Trinajstić information content (AvgIpc) is 2.03. The van der Waals surface area contributed by atoms with Crippen LogP contribution in [0.5, 0.6) is 0 Å². The molecular weight excluding hydrogens is 172 g/mol. The number of hydrogen-bond donors (Lipinski definition) is 2. The number of rotatable bonds is 2. The van der Waals surface area contributed by atoms with Gasteiger partial charge in [-0.1, -0.05) is 6.92 Å². The van der Waals surface area contributed by atoms with Crippen LogP contribution in [0.25, 0.3) is 0 Å². The molecule has 1 rings (SSSR count). The predicted octanol–water partition coefficient (Wildman–Crippen LogP) is 1.21. The van der Waals surface area contributed by atoms with Gasteiger partial charge in [0.2, 0.25) is 0 Å². The fraction of sp³-hybridized carbons (Fsp3) is 0.778. The van der Waals surface area contributed by atoms with Crippen LogP contribution in [0, 0.1) is 17.8 Å². The lowest BCUT2D eigenvalue weighted by Crippen LogP contribution is -2.30. The molecule has 0 saturated heterocycles. The van der Waals surface area contributed by atoms with Crippen molar-refractivity contribution in [3.8, 4) is 0 Å². The highest BCUT2D eigenvalue weighted by molar-refractivity contribution is 5.74. The van der Waals surface area contributed by atoms with Gasteiger partial charge in [0.05, 0.1) is 11.8 Å². The number of carbonyl (C=O) groups is 2. The summed E-state index contributed by atoms with van der Waals surface area (Å²) in [6, 6.07) is 0. The zero-order chi connectivity index (χ0) is 10.0. The second-order valence-electron chi connectivity index (χ2n) is 3.88. The fourth-order valence-corrected chi connectivity index (χ4v) is 2.01. The highest BCUT2D eigenvalue weighted by atomic mass is 16.4. The number of carboxylic acids is 2. The van der Waals surface area contributed by atoms with Gasteiger partial charge in [-0.05, 0) is 25.2 Å². The maximum absolute atomic E-state index is 10.7. The van der Waals surface area contributed by atoms with Gasteiger partial charge in [-0.3, -0.25) is 9.59 Å². The maximum atomic E-state index is 10.7. The molecule has 0 unspecified atom stereocenters. The Hall–Kier alpha value is -1.06. The summed E-state index contributed by atoms with van der Waals surface area (Å²) in [6.45, 7) is 1.91. The summed E-state index contributed by atoms with van der Waals surface area (Å²) in [6.07, 6.45) is 1.51. The quantitative estimate of drug-likeness (QED) is 0.679. The molecule has 1 saturated carbocycles. The van der Waals surface area contributed by atoms with Gasteiger partial charge in [0.25, 0.3) is 0 Å². The van der Waals surface area contributed by atoms with Crippen LogP contribution < -0.4 is 0 Å². The van der Waals surface area contributed by atoms with Crippen molar-refractivity contribution in [2.75, 3.05) is 0 Å². The van der Waals surface area contributed by atoms with E-state index in [1.165, 1.54) is 0 Å². The SMILES string of the molecule is CC1C[C@@H](C(=O)O)C[C@H](C(=O)O)C1. The highest BCUT2D eigenvalue weighted by Crippen LogP contribution is 2.33. The molecule has 2 atom stereocenters. The molecule has 1 fully saturated rings. The first-order valence-electron chi connectivity index (χ1n) is 4.46. The van der Waals surface area contributed by atoms with E-state index in [2.05, 4.69) is 0 Å². The Bertz CT molecular complexity index is 202. The lowest BCUT2D eigenvalue weighted by atomic mass is 9.76. The van der Waals surface area contributed by atoms with E-state index in [1.54, 1.807) is 0 Å². The van der Waals surface area contributed by atoms with Crippen LogP contribution in [0.15, 0.2) is 0 Å². The summed E-state index contributed by atoms with van der Waals surface area (Å²) in [4.78, 5) is 21.4. The molecule has 13 heavy (non-hydrogen) atoms. The minimum Gasteiger partial charge on any atom is -0.481 e. The molecule has 0 spiro atoms. The van der Waals surface area contributed by atoms with Crippen molar-refractivity contribution >= 4 is 11.9 Å². The highest BCUT2D eigenvalue weighted by Gasteiger charge is 2.34. The van der Waals surface area contributed by atoms with E-state index in [9.17, 15) is 9.59 Å². The van der Waals surface area contributed by atoms with E-state index in [4.69, 9.17) is 10.2 Å². The topological polar surface area (TPSA) is 74.6 Å². The van der Waals surface area contributed by atoms with Crippen LogP contribution >= 0.6 is 0 Å². The Morgan fingerprint density at radius 2 is 1.38 bits per heavy atom. The first-order valence-corrected chi connectivity index (χ1v) is 4.46. The molecule has 0 bridgehead atoms. The Kier molecular flexibility index (Phi) is 2.90. The molecule has 0 aromatic heterocycles. The fourth-order valence-electron chi connectivity index (χ4n) is 2.01. The number of aliphatic carboxylic acids is 2. The van der Waals surface area contributed by atoms with Crippen molar-refractivity contribution < 1.29 is 19.8 Å². The van der Waals surface area contributed by atoms with Gasteiger partial charge in [-0.15, -0.1) is 0 Å². The molecule has 4 heteroatoms. The van der Waals surface area contributed by atoms with Crippen LogP contribution in [0.1, 0.15) is 26.2 Å². The van der Waals surface area contributed by atoms with Crippen molar-refractivity contribution in [3.63, 3.8) is 0 Å². The molecule has 4 nitrogen and oxygen atoms in total. The number of carboxylic acid groups (broad SMARTS) is 2. The molecule has 74 valence electrons. The Morgan fingerprint density at radius 3 is 1.69 bits per heavy atom. The monoisotopic (exact) mass is 186 g/mol. The third kappa shape index (κ3) is 2.44. The van der Waals surface area contributed by atoms with E-state index in [1.807, 2.05) is 6.92 Å². The summed E-state index contributed by atoms with van der Waals surface area (Å²) < 4.78 is 0. The van der Waals surface area contributed by atoms with E-state index in [-0.39, 0.29) is 12.3 Å². The van der Waals surface area contributed by atoms with Gasteiger partial charge in [-0.25, -0.2) is 0 Å². The van der Waals surface area contributed by atoms with Crippen LogP contribution in [-0.2, 0) is 9.59 Å². The van der Waals surface area contributed by atoms with Crippen molar-refractivity contribution in [1.29, 1.82) is 0 Å². The Morgan fingerprint density at radius 1 is 1.00 bits per heavy atom. The van der Waals surface area contributed by atoms with Gasteiger partial charge in [0.15, 0.2) is 0 Å². The molecule has 0 heterocycles. The summed E-state index contributed by atoms with van der Waals surface area (Å²) in [7, 11) is 0.